The van der Waals surface area contributed by atoms with Crippen molar-refractivity contribution in [1.82, 2.24) is 0 Å². The van der Waals surface area contributed by atoms with Gasteiger partial charge in [0.25, 0.3) is 0 Å². The molecule has 2 aromatic rings. The fraction of sp³-hybridized carbons (Fsp3) is 0.500. The summed E-state index contributed by atoms with van der Waals surface area (Å²) in [7, 11) is 1.67. The fourth-order valence-corrected chi connectivity index (χ4v) is 5.37. The number of hydrogen-bond acceptors (Lipinski definition) is 7. The number of hydrogen-bond donors (Lipinski definition) is 3. The van der Waals surface area contributed by atoms with Crippen molar-refractivity contribution in [3.8, 4) is 5.75 Å². The van der Waals surface area contributed by atoms with Crippen LogP contribution in [0.1, 0.15) is 40.8 Å². The molecule has 174 valence electrons. The number of methoxy groups -OCH3 is 1. The summed E-state index contributed by atoms with van der Waals surface area (Å²) in [5, 5.41) is 32.1. The zero-order valence-corrected chi connectivity index (χ0v) is 19.9. The molecule has 4 rings (SSSR count). The van der Waals surface area contributed by atoms with Gasteiger partial charge in [-0.1, -0.05) is 35.9 Å². The highest BCUT2D eigenvalue weighted by molar-refractivity contribution is 7.99. The van der Waals surface area contributed by atoms with Crippen LogP contribution in [0.4, 0.5) is 0 Å². The predicted octanol–water partition coefficient (Wildman–Crippen LogP) is 3.24. The van der Waals surface area contributed by atoms with Gasteiger partial charge in [-0.15, -0.1) is 11.8 Å². The maximum absolute atomic E-state index is 10.8. The van der Waals surface area contributed by atoms with Gasteiger partial charge in [0.15, 0.2) is 0 Å². The summed E-state index contributed by atoms with van der Waals surface area (Å²) in [5.41, 5.74) is 3.95. The molecule has 2 aliphatic heterocycles. The van der Waals surface area contributed by atoms with E-state index in [1.54, 1.807) is 13.4 Å². The fourth-order valence-electron chi connectivity index (χ4n) is 4.42. The van der Waals surface area contributed by atoms with Gasteiger partial charge in [-0.25, -0.2) is 0 Å². The third-order valence-corrected chi connectivity index (χ3v) is 7.39. The molecule has 3 N–H and O–H groups in total. The predicted molar refractivity (Wildman–Crippen MR) is 124 cm³/mol. The van der Waals surface area contributed by atoms with Crippen LogP contribution >= 0.6 is 23.4 Å². The van der Waals surface area contributed by atoms with E-state index in [1.807, 2.05) is 37.3 Å². The van der Waals surface area contributed by atoms with Crippen LogP contribution in [-0.4, -0.2) is 58.5 Å². The van der Waals surface area contributed by atoms with Gasteiger partial charge >= 0.3 is 0 Å². The third-order valence-electron chi connectivity index (χ3n) is 6.06. The largest absolute Gasteiger partial charge is 0.490 e. The van der Waals surface area contributed by atoms with Crippen molar-refractivity contribution in [3.63, 3.8) is 0 Å². The van der Waals surface area contributed by atoms with Gasteiger partial charge in [-0.05, 0) is 42.4 Å². The Morgan fingerprint density at radius 3 is 2.44 bits per heavy atom. The molecule has 8 heteroatoms. The molecule has 1 fully saturated rings. The first kappa shape index (κ1) is 23.8. The SMILES string of the molecule is COCc1ccc(Cc2cc([C@@H]3O[C@H](SC)[C@@H](O)[C@H](O)[C@H]3O)c3c(c2Cl)CC(C)O3)cc1. The highest BCUT2D eigenvalue weighted by atomic mass is 35.5. The van der Waals surface area contributed by atoms with Crippen LogP contribution in [-0.2, 0) is 28.9 Å². The highest BCUT2D eigenvalue weighted by Crippen LogP contribution is 2.47. The molecule has 1 saturated heterocycles. The highest BCUT2D eigenvalue weighted by Gasteiger charge is 2.46. The zero-order chi connectivity index (χ0) is 23.0. The van der Waals surface area contributed by atoms with Crippen LogP contribution in [0.15, 0.2) is 30.3 Å². The number of aliphatic hydroxyl groups is 3. The zero-order valence-electron chi connectivity index (χ0n) is 18.3. The molecule has 0 amide bonds. The monoisotopic (exact) mass is 480 g/mol. The lowest BCUT2D eigenvalue weighted by molar-refractivity contribution is -0.200. The van der Waals surface area contributed by atoms with E-state index in [0.29, 0.717) is 35.8 Å². The summed E-state index contributed by atoms with van der Waals surface area (Å²) in [6.07, 6.45) is -1.65. The number of benzene rings is 2. The molecular weight excluding hydrogens is 452 g/mol. The summed E-state index contributed by atoms with van der Waals surface area (Å²) < 4.78 is 17.3. The number of rotatable bonds is 6. The molecule has 2 aliphatic rings. The molecule has 0 saturated carbocycles. The Balaban J connectivity index is 1.72. The minimum Gasteiger partial charge on any atom is -0.490 e. The topological polar surface area (TPSA) is 88.4 Å². The van der Waals surface area contributed by atoms with E-state index in [1.165, 1.54) is 11.8 Å². The van der Waals surface area contributed by atoms with Crippen LogP contribution in [0.5, 0.6) is 5.75 Å². The maximum atomic E-state index is 10.8. The van der Waals surface area contributed by atoms with Crippen molar-refractivity contribution in [2.24, 2.45) is 0 Å². The second kappa shape index (κ2) is 9.89. The number of fused-ring (bicyclic) bond motifs is 1. The number of ether oxygens (including phenoxy) is 3. The van der Waals surface area contributed by atoms with E-state index in [9.17, 15) is 15.3 Å². The average Bonchev–Trinajstić information content (AvgIpc) is 3.18. The Bertz CT molecular complexity index is 950. The summed E-state index contributed by atoms with van der Waals surface area (Å²) in [6.45, 7) is 2.52. The van der Waals surface area contributed by atoms with Crippen LogP contribution in [0.3, 0.4) is 0 Å². The van der Waals surface area contributed by atoms with Crippen molar-refractivity contribution in [2.75, 3.05) is 13.4 Å². The van der Waals surface area contributed by atoms with Crippen molar-refractivity contribution >= 4 is 23.4 Å². The first-order valence-corrected chi connectivity index (χ1v) is 12.3. The first-order chi connectivity index (χ1) is 15.3. The molecule has 2 aromatic carbocycles. The van der Waals surface area contributed by atoms with E-state index >= 15 is 0 Å². The van der Waals surface area contributed by atoms with Crippen LogP contribution in [0, 0.1) is 0 Å². The third kappa shape index (κ3) is 4.53. The minimum absolute atomic E-state index is 0.0579. The van der Waals surface area contributed by atoms with Crippen molar-refractivity contribution < 1.29 is 29.5 Å². The van der Waals surface area contributed by atoms with Gasteiger partial charge in [0.2, 0.25) is 0 Å². The minimum atomic E-state index is -1.33. The quantitative estimate of drug-likeness (QED) is 0.585. The molecule has 6 nitrogen and oxygen atoms in total. The smallest absolute Gasteiger partial charge is 0.132 e. The number of aliphatic hydroxyl groups excluding tert-OH is 3. The van der Waals surface area contributed by atoms with E-state index < -0.39 is 29.9 Å². The first-order valence-electron chi connectivity index (χ1n) is 10.6. The summed E-state index contributed by atoms with van der Waals surface area (Å²) in [4.78, 5) is 0. The van der Waals surface area contributed by atoms with Crippen LogP contribution in [0.25, 0.3) is 0 Å². The Labute approximate surface area is 197 Å². The van der Waals surface area contributed by atoms with Crippen LogP contribution in [0.2, 0.25) is 5.02 Å². The lowest BCUT2D eigenvalue weighted by Gasteiger charge is -2.40. The molecule has 0 radical (unpaired) electrons. The molecule has 0 aliphatic carbocycles. The Hall–Kier alpha value is -1.32. The van der Waals surface area contributed by atoms with E-state index in [4.69, 9.17) is 25.8 Å². The van der Waals surface area contributed by atoms with Crippen molar-refractivity contribution in [3.05, 3.63) is 63.2 Å². The summed E-state index contributed by atoms with van der Waals surface area (Å²) >= 11 is 8.10. The lowest BCUT2D eigenvalue weighted by Crippen LogP contribution is -2.53. The molecule has 1 unspecified atom stereocenters. The van der Waals surface area contributed by atoms with Gasteiger partial charge < -0.3 is 29.5 Å². The lowest BCUT2D eigenvalue weighted by atomic mass is 9.90. The standard InChI is InChI=1S/C24H29ClO6S/c1-12-8-16-18(25)15(9-13-4-6-14(7-5-13)11-29-2)10-17(22(16)30-12)23-20(27)19(26)21(28)24(31-23)32-3/h4-7,10,12,19-21,23-24,26-28H,8-9,11H2,1-3H3/t12?,19-,20-,21+,23+,24-/m1/s1. The molecule has 0 bridgehead atoms. The summed E-state index contributed by atoms with van der Waals surface area (Å²) in [6, 6.07) is 10.1. The average molecular weight is 481 g/mol. The van der Waals surface area contributed by atoms with Gasteiger partial charge in [0.1, 0.15) is 41.7 Å². The van der Waals surface area contributed by atoms with E-state index in [-0.39, 0.29) is 6.10 Å². The van der Waals surface area contributed by atoms with Gasteiger partial charge in [-0.2, -0.15) is 0 Å². The van der Waals surface area contributed by atoms with E-state index in [2.05, 4.69) is 0 Å². The maximum Gasteiger partial charge on any atom is 0.132 e. The van der Waals surface area contributed by atoms with Gasteiger partial charge in [0, 0.05) is 24.7 Å². The molecule has 2 heterocycles. The van der Waals surface area contributed by atoms with Crippen molar-refractivity contribution in [2.45, 2.75) is 62.3 Å². The van der Waals surface area contributed by atoms with Crippen molar-refractivity contribution in [1.29, 1.82) is 0 Å². The van der Waals surface area contributed by atoms with Gasteiger partial charge in [0.05, 0.1) is 11.6 Å². The Morgan fingerprint density at radius 1 is 1.09 bits per heavy atom. The summed E-state index contributed by atoms with van der Waals surface area (Å²) in [5.74, 6) is 0.606. The number of thioether (sulfide) groups is 1. The van der Waals surface area contributed by atoms with E-state index in [0.717, 1.165) is 22.3 Å². The molecule has 0 aromatic heterocycles. The second-order valence-corrected chi connectivity index (χ2v) is 9.75. The molecule has 32 heavy (non-hydrogen) atoms. The number of halogens is 1. The Kier molecular flexibility index (Phi) is 7.36. The van der Waals surface area contributed by atoms with Gasteiger partial charge in [-0.3, -0.25) is 0 Å². The molecular formula is C24H29ClO6S. The Morgan fingerprint density at radius 2 is 1.78 bits per heavy atom. The van der Waals surface area contributed by atoms with Crippen LogP contribution < -0.4 is 4.74 Å². The second-order valence-electron chi connectivity index (χ2n) is 8.44. The molecule has 0 spiro atoms. The normalized spacial score (nSPS) is 29.6. The molecule has 6 atom stereocenters.